The van der Waals surface area contributed by atoms with Crippen molar-refractivity contribution < 1.29 is 14.7 Å². The van der Waals surface area contributed by atoms with E-state index in [9.17, 15) is 9.59 Å². The van der Waals surface area contributed by atoms with Crippen LogP contribution in [0.5, 0.6) is 0 Å². The van der Waals surface area contributed by atoms with E-state index in [1.54, 1.807) is 18.2 Å². The summed E-state index contributed by atoms with van der Waals surface area (Å²) >= 11 is 9.25. The first-order chi connectivity index (χ1) is 9.49. The molecule has 1 aromatic heterocycles. The summed E-state index contributed by atoms with van der Waals surface area (Å²) in [4.78, 5) is 26.6. The van der Waals surface area contributed by atoms with E-state index in [4.69, 9.17) is 16.7 Å². The molecule has 102 valence electrons. The Kier molecular flexibility index (Phi) is 4.36. The quantitative estimate of drug-likeness (QED) is 0.884. The number of carbonyl (C=O) groups excluding carboxylic acids is 1. The Labute approximate surface area is 127 Å². The van der Waals surface area contributed by atoms with E-state index in [1.165, 1.54) is 18.3 Å². The Morgan fingerprint density at radius 2 is 2.00 bits per heavy atom. The van der Waals surface area contributed by atoms with E-state index in [0.29, 0.717) is 15.1 Å². The number of nitrogens with one attached hydrogen (secondary N) is 1. The molecule has 7 heteroatoms. The normalized spacial score (nSPS) is 10.1. The van der Waals surface area contributed by atoms with Gasteiger partial charge >= 0.3 is 5.97 Å². The second kappa shape index (κ2) is 6.02. The third-order valence-electron chi connectivity index (χ3n) is 2.45. The molecule has 5 nitrogen and oxygen atoms in total. The number of carboxylic acids is 1. The molecule has 0 aliphatic carbocycles. The zero-order valence-corrected chi connectivity index (χ0v) is 12.3. The van der Waals surface area contributed by atoms with Crippen LogP contribution in [0.3, 0.4) is 0 Å². The highest BCUT2D eigenvalue weighted by molar-refractivity contribution is 9.10. The van der Waals surface area contributed by atoms with Gasteiger partial charge in [0, 0.05) is 10.7 Å². The van der Waals surface area contributed by atoms with Crippen molar-refractivity contribution in [3.63, 3.8) is 0 Å². The molecule has 20 heavy (non-hydrogen) atoms. The molecule has 1 heterocycles. The zero-order chi connectivity index (χ0) is 14.7. The van der Waals surface area contributed by atoms with Gasteiger partial charge in [-0.1, -0.05) is 17.7 Å². The summed E-state index contributed by atoms with van der Waals surface area (Å²) < 4.78 is 0.612. The third kappa shape index (κ3) is 3.15. The molecule has 0 spiro atoms. The molecule has 0 atom stereocenters. The van der Waals surface area contributed by atoms with E-state index in [-0.39, 0.29) is 11.4 Å². The van der Waals surface area contributed by atoms with Gasteiger partial charge in [-0.3, -0.25) is 4.79 Å². The van der Waals surface area contributed by atoms with Crippen LogP contribution >= 0.6 is 27.5 Å². The maximum atomic E-state index is 12.0. The number of aromatic carboxylic acids is 1. The Balaban J connectivity index is 2.19. The number of nitrogens with zero attached hydrogens (tertiary/aromatic N) is 1. The summed E-state index contributed by atoms with van der Waals surface area (Å²) in [5.74, 6) is -1.26. The Bertz CT molecular complexity index is 674. The molecule has 0 fully saturated rings. The number of hydrogen-bond donors (Lipinski definition) is 2. The average Bonchev–Trinajstić information content (AvgIpc) is 2.42. The molecule has 1 amide bonds. The second-order valence-corrected chi connectivity index (χ2v) is 5.03. The van der Waals surface area contributed by atoms with Crippen molar-refractivity contribution in [2.24, 2.45) is 0 Å². The zero-order valence-electron chi connectivity index (χ0n) is 9.93. The van der Waals surface area contributed by atoms with Gasteiger partial charge < -0.3 is 10.4 Å². The van der Waals surface area contributed by atoms with Crippen LogP contribution in [0.25, 0.3) is 0 Å². The molecule has 2 N–H and O–H groups in total. The van der Waals surface area contributed by atoms with Crippen LogP contribution in [0.2, 0.25) is 5.02 Å². The van der Waals surface area contributed by atoms with Crippen molar-refractivity contribution in [2.75, 3.05) is 5.32 Å². The molecule has 0 unspecified atom stereocenters. The molecule has 0 saturated heterocycles. The number of amides is 1. The van der Waals surface area contributed by atoms with Crippen LogP contribution in [-0.4, -0.2) is 22.0 Å². The second-order valence-electron chi connectivity index (χ2n) is 3.79. The lowest BCUT2D eigenvalue weighted by Gasteiger charge is -2.07. The van der Waals surface area contributed by atoms with Crippen molar-refractivity contribution in [3.05, 3.63) is 57.2 Å². The number of anilines is 1. The van der Waals surface area contributed by atoms with E-state index in [2.05, 4.69) is 26.2 Å². The first-order valence-electron chi connectivity index (χ1n) is 5.44. The summed E-state index contributed by atoms with van der Waals surface area (Å²) in [5, 5.41) is 11.6. The highest BCUT2D eigenvalue weighted by Gasteiger charge is 2.13. The van der Waals surface area contributed by atoms with Crippen LogP contribution < -0.4 is 5.32 Å². The maximum absolute atomic E-state index is 12.0. The molecule has 1 aromatic carbocycles. The number of hydrogen-bond acceptors (Lipinski definition) is 3. The molecule has 0 saturated carbocycles. The van der Waals surface area contributed by atoms with Gasteiger partial charge in [-0.25, -0.2) is 9.78 Å². The Morgan fingerprint density at radius 1 is 1.25 bits per heavy atom. The predicted octanol–water partition coefficient (Wildman–Crippen LogP) is 3.45. The lowest BCUT2D eigenvalue weighted by molar-refractivity contribution is 0.0696. The van der Waals surface area contributed by atoms with E-state index < -0.39 is 11.9 Å². The number of benzene rings is 1. The minimum Gasteiger partial charge on any atom is -0.478 e. The lowest BCUT2D eigenvalue weighted by Crippen LogP contribution is -2.13. The van der Waals surface area contributed by atoms with E-state index in [0.717, 1.165) is 0 Å². The van der Waals surface area contributed by atoms with Gasteiger partial charge in [-0.2, -0.15) is 0 Å². The monoisotopic (exact) mass is 354 g/mol. The minimum absolute atomic E-state index is 0.0449. The van der Waals surface area contributed by atoms with Crippen molar-refractivity contribution in [2.45, 2.75) is 0 Å². The molecule has 2 aromatic rings. The SMILES string of the molecule is O=C(O)c1ccc(NC(=O)c2cccc(Br)c2Cl)nc1. The highest BCUT2D eigenvalue weighted by atomic mass is 79.9. The number of rotatable bonds is 3. The first-order valence-corrected chi connectivity index (χ1v) is 6.61. The molecule has 2 rings (SSSR count). The maximum Gasteiger partial charge on any atom is 0.337 e. The molecule has 0 aliphatic rings. The van der Waals surface area contributed by atoms with Gasteiger partial charge in [-0.05, 0) is 40.2 Å². The Hall–Kier alpha value is -1.92. The third-order valence-corrected chi connectivity index (χ3v) is 3.74. The fraction of sp³-hybridized carbons (Fsp3) is 0. The van der Waals surface area contributed by atoms with E-state index >= 15 is 0 Å². The molecule has 0 radical (unpaired) electrons. The number of halogens is 2. The molecular formula is C13H8BrClN2O3. The fourth-order valence-electron chi connectivity index (χ4n) is 1.46. The summed E-state index contributed by atoms with van der Waals surface area (Å²) in [6.45, 7) is 0. The van der Waals surface area contributed by atoms with Crippen LogP contribution in [0.15, 0.2) is 41.0 Å². The number of aromatic nitrogens is 1. The molecule has 0 bridgehead atoms. The highest BCUT2D eigenvalue weighted by Crippen LogP contribution is 2.26. The van der Waals surface area contributed by atoms with Crippen LogP contribution in [0.1, 0.15) is 20.7 Å². The first kappa shape index (κ1) is 14.5. The lowest BCUT2D eigenvalue weighted by atomic mass is 10.2. The molecular weight excluding hydrogens is 348 g/mol. The van der Waals surface area contributed by atoms with Crippen molar-refractivity contribution >= 4 is 45.2 Å². The van der Waals surface area contributed by atoms with Gasteiger partial charge in [0.1, 0.15) is 5.82 Å². The van der Waals surface area contributed by atoms with Gasteiger partial charge in [-0.15, -0.1) is 0 Å². The van der Waals surface area contributed by atoms with Crippen molar-refractivity contribution in [1.29, 1.82) is 0 Å². The van der Waals surface area contributed by atoms with Crippen LogP contribution in [0, 0.1) is 0 Å². The minimum atomic E-state index is -1.08. The van der Waals surface area contributed by atoms with Gasteiger partial charge in [0.2, 0.25) is 0 Å². The van der Waals surface area contributed by atoms with Crippen molar-refractivity contribution in [1.82, 2.24) is 4.98 Å². The topological polar surface area (TPSA) is 79.3 Å². The predicted molar refractivity (Wildman–Crippen MR) is 78.3 cm³/mol. The number of carbonyl (C=O) groups is 2. The van der Waals surface area contributed by atoms with Gasteiger partial charge in [0.05, 0.1) is 16.1 Å². The smallest absolute Gasteiger partial charge is 0.337 e. The Morgan fingerprint density at radius 3 is 2.60 bits per heavy atom. The molecule has 0 aliphatic heterocycles. The fourth-order valence-corrected chi connectivity index (χ4v) is 2.04. The largest absolute Gasteiger partial charge is 0.478 e. The summed E-state index contributed by atoms with van der Waals surface area (Å²) in [7, 11) is 0. The number of pyridine rings is 1. The van der Waals surface area contributed by atoms with Gasteiger partial charge in [0.15, 0.2) is 0 Å². The van der Waals surface area contributed by atoms with Crippen molar-refractivity contribution in [3.8, 4) is 0 Å². The van der Waals surface area contributed by atoms with Crippen LogP contribution in [-0.2, 0) is 0 Å². The summed E-state index contributed by atoms with van der Waals surface area (Å²) in [6, 6.07) is 7.75. The summed E-state index contributed by atoms with van der Waals surface area (Å²) in [6.07, 6.45) is 1.17. The van der Waals surface area contributed by atoms with E-state index in [1.807, 2.05) is 0 Å². The van der Waals surface area contributed by atoms with Gasteiger partial charge in [0.25, 0.3) is 5.91 Å². The standard InChI is InChI=1S/C13H8BrClN2O3/c14-9-3-1-2-8(11(9)15)12(18)17-10-5-4-7(6-16-10)13(19)20/h1-6H,(H,19,20)(H,16,17,18). The number of carboxylic acid groups (broad SMARTS) is 1. The van der Waals surface area contributed by atoms with Crippen LogP contribution in [0.4, 0.5) is 5.82 Å². The summed E-state index contributed by atoms with van der Waals surface area (Å²) in [5.41, 5.74) is 0.341. The average molecular weight is 356 g/mol.